The minimum Gasteiger partial charge on any atom is -0.388 e. The zero-order chi connectivity index (χ0) is 20.9. The molecule has 3 rings (SSSR count). The van der Waals surface area contributed by atoms with Crippen LogP contribution in [0.25, 0.3) is 0 Å². The monoisotopic (exact) mass is 405 g/mol. The molecule has 1 amide bonds. The predicted octanol–water partition coefficient (Wildman–Crippen LogP) is 5.53. The van der Waals surface area contributed by atoms with E-state index in [1.165, 1.54) is 12.1 Å². The van der Waals surface area contributed by atoms with Crippen molar-refractivity contribution in [1.82, 2.24) is 0 Å². The lowest BCUT2D eigenvalue weighted by molar-refractivity contribution is -0.120. The molecule has 1 aromatic carbocycles. The molecule has 2 atom stereocenters. The number of nitrogens with zero attached hydrogens (tertiary/aromatic N) is 1. The molecule has 2 unspecified atom stereocenters. The van der Waals surface area contributed by atoms with Gasteiger partial charge in [-0.2, -0.15) is 0 Å². The van der Waals surface area contributed by atoms with Crippen LogP contribution in [0.1, 0.15) is 89.7 Å². The van der Waals surface area contributed by atoms with Crippen LogP contribution in [0, 0.1) is 11.2 Å². The minimum absolute atomic E-state index is 0.0123. The number of aliphatic hydroxyl groups is 1. The van der Waals surface area contributed by atoms with Gasteiger partial charge >= 0.3 is 0 Å². The fraction of sp³-hybridized carbons (Fsp3) is 0.708. The van der Waals surface area contributed by atoms with E-state index in [1.807, 2.05) is 6.07 Å². The van der Waals surface area contributed by atoms with Crippen LogP contribution in [0.15, 0.2) is 18.2 Å². The molecule has 0 radical (unpaired) electrons. The van der Waals surface area contributed by atoms with Crippen molar-refractivity contribution in [2.24, 2.45) is 5.41 Å². The van der Waals surface area contributed by atoms with Crippen LogP contribution in [-0.2, 0) is 9.53 Å². The molecule has 5 heteroatoms. The van der Waals surface area contributed by atoms with Gasteiger partial charge in [0.25, 0.3) is 0 Å². The fourth-order valence-corrected chi connectivity index (χ4v) is 4.96. The van der Waals surface area contributed by atoms with Crippen molar-refractivity contribution < 1.29 is 19.0 Å². The number of ether oxygens (including phenoxy) is 1. The second-order valence-corrected chi connectivity index (χ2v) is 8.85. The van der Waals surface area contributed by atoms with Crippen LogP contribution in [0.5, 0.6) is 0 Å². The van der Waals surface area contributed by atoms with Gasteiger partial charge in [-0.1, -0.05) is 33.1 Å². The minimum atomic E-state index is -0.690. The number of amides is 1. The van der Waals surface area contributed by atoms with Gasteiger partial charge in [-0.25, -0.2) is 4.39 Å². The van der Waals surface area contributed by atoms with Gasteiger partial charge < -0.3 is 14.7 Å². The van der Waals surface area contributed by atoms with Gasteiger partial charge in [0.05, 0.1) is 18.8 Å². The van der Waals surface area contributed by atoms with Crippen LogP contribution < -0.4 is 4.90 Å². The van der Waals surface area contributed by atoms with E-state index >= 15 is 0 Å². The van der Waals surface area contributed by atoms with Gasteiger partial charge in [0, 0.05) is 24.1 Å². The number of rotatable bonds is 10. The average molecular weight is 406 g/mol. The zero-order valence-electron chi connectivity index (χ0n) is 18.0. The first-order chi connectivity index (χ1) is 14.0. The molecule has 2 fully saturated rings. The second-order valence-electron chi connectivity index (χ2n) is 8.85. The van der Waals surface area contributed by atoms with Crippen LogP contribution in [0.3, 0.4) is 0 Å². The van der Waals surface area contributed by atoms with Crippen LogP contribution in [0.2, 0.25) is 0 Å². The number of halogens is 1. The van der Waals surface area contributed by atoms with E-state index in [1.54, 1.807) is 4.90 Å². The Hall–Kier alpha value is -1.46. The highest BCUT2D eigenvalue weighted by Crippen LogP contribution is 2.53. The third kappa shape index (κ3) is 5.00. The number of aliphatic hydroxyl groups excluding tert-OH is 1. The third-order valence-electron chi connectivity index (χ3n) is 6.69. The molecule has 1 aliphatic carbocycles. The lowest BCUT2D eigenvalue weighted by atomic mass is 9.61. The van der Waals surface area contributed by atoms with E-state index < -0.39 is 11.9 Å². The highest BCUT2D eigenvalue weighted by Gasteiger charge is 2.43. The van der Waals surface area contributed by atoms with Crippen LogP contribution in [-0.4, -0.2) is 30.3 Å². The smallest absolute Gasteiger partial charge is 0.227 e. The summed E-state index contributed by atoms with van der Waals surface area (Å²) < 4.78 is 20.4. The first kappa shape index (κ1) is 22.2. The van der Waals surface area contributed by atoms with E-state index in [2.05, 4.69) is 13.8 Å². The number of hydrogen-bond acceptors (Lipinski definition) is 3. The fourth-order valence-electron chi connectivity index (χ4n) is 4.96. The Morgan fingerprint density at radius 2 is 2.03 bits per heavy atom. The van der Waals surface area contributed by atoms with Gasteiger partial charge in [-0.15, -0.1) is 0 Å². The molecule has 1 saturated carbocycles. The Kier molecular flexibility index (Phi) is 7.69. The lowest BCUT2D eigenvalue weighted by Crippen LogP contribution is -2.46. The van der Waals surface area contributed by atoms with E-state index in [-0.39, 0.29) is 17.4 Å². The molecular formula is C24H36FNO3. The summed E-state index contributed by atoms with van der Waals surface area (Å²) in [5.41, 5.74) is 1.00. The molecule has 1 heterocycles. The van der Waals surface area contributed by atoms with Gasteiger partial charge in [0.1, 0.15) is 5.82 Å². The molecule has 2 aliphatic rings. The normalized spacial score (nSPS) is 22.4. The van der Waals surface area contributed by atoms with Gasteiger partial charge in [-0.3, -0.25) is 4.79 Å². The third-order valence-corrected chi connectivity index (χ3v) is 6.69. The molecule has 0 spiro atoms. The number of carbonyl (C=O) groups is 1. The Balaban J connectivity index is 1.83. The summed E-state index contributed by atoms with van der Waals surface area (Å²) in [4.78, 5) is 14.4. The molecule has 1 aliphatic heterocycles. The van der Waals surface area contributed by atoms with Gasteiger partial charge in [0.15, 0.2) is 0 Å². The second kappa shape index (κ2) is 10.0. The van der Waals surface area contributed by atoms with Crippen molar-refractivity contribution in [3.8, 4) is 0 Å². The molecule has 162 valence electrons. The molecule has 4 nitrogen and oxygen atoms in total. The number of anilines is 1. The lowest BCUT2D eigenvalue weighted by Gasteiger charge is -2.46. The number of benzene rings is 1. The van der Waals surface area contributed by atoms with Gasteiger partial charge in [-0.05, 0) is 62.3 Å². The van der Waals surface area contributed by atoms with E-state index in [4.69, 9.17) is 4.74 Å². The summed E-state index contributed by atoms with van der Waals surface area (Å²) in [6.07, 6.45) is 8.54. The molecule has 0 bridgehead atoms. The number of piperidine rings is 1. The summed E-state index contributed by atoms with van der Waals surface area (Å²) in [6.45, 7) is 5.40. The first-order valence-electron chi connectivity index (χ1n) is 11.4. The Morgan fingerprint density at radius 3 is 2.69 bits per heavy atom. The summed E-state index contributed by atoms with van der Waals surface area (Å²) in [5, 5.41) is 11.1. The molecule has 1 saturated heterocycles. The molecule has 1 N–H and O–H groups in total. The summed E-state index contributed by atoms with van der Waals surface area (Å²) in [5.74, 6) is -0.384. The van der Waals surface area contributed by atoms with Crippen molar-refractivity contribution in [2.75, 3.05) is 18.1 Å². The summed E-state index contributed by atoms with van der Waals surface area (Å²) in [6, 6.07) is 4.61. The Bertz CT molecular complexity index is 689. The molecule has 29 heavy (non-hydrogen) atoms. The number of unbranched alkanes of at least 4 members (excludes halogenated alkanes) is 1. The van der Waals surface area contributed by atoms with Crippen molar-refractivity contribution in [3.63, 3.8) is 0 Å². The zero-order valence-corrected chi connectivity index (χ0v) is 18.0. The van der Waals surface area contributed by atoms with E-state index in [0.717, 1.165) is 57.8 Å². The predicted molar refractivity (Wildman–Crippen MR) is 113 cm³/mol. The first-order valence-corrected chi connectivity index (χ1v) is 11.4. The number of hydrogen-bond donors (Lipinski definition) is 1. The number of carbonyl (C=O) groups excluding carboxylic acids is 1. The quantitative estimate of drug-likeness (QED) is 0.521. The summed E-state index contributed by atoms with van der Waals surface area (Å²) >= 11 is 0. The van der Waals surface area contributed by atoms with Crippen molar-refractivity contribution >= 4 is 11.6 Å². The van der Waals surface area contributed by atoms with Crippen molar-refractivity contribution in [1.29, 1.82) is 0 Å². The molecule has 1 aromatic rings. The molecular weight excluding hydrogens is 369 g/mol. The Labute approximate surface area is 174 Å². The molecule has 0 aromatic heterocycles. The van der Waals surface area contributed by atoms with Gasteiger partial charge in [0.2, 0.25) is 5.91 Å². The van der Waals surface area contributed by atoms with E-state index in [0.29, 0.717) is 30.9 Å². The standard InChI is InChI=1S/C24H36FNO3/c1-3-5-13-29-17-20-8-6-9-22(27)26(20)21-15-18(14-19(25)16-21)23(28)24(10-4-2)11-7-12-24/h14-16,20,23,28H,3-13,17H2,1-2H3. The maximum atomic E-state index is 14.6. The summed E-state index contributed by atoms with van der Waals surface area (Å²) in [7, 11) is 0. The highest BCUT2D eigenvalue weighted by molar-refractivity contribution is 5.94. The van der Waals surface area contributed by atoms with Crippen LogP contribution in [0.4, 0.5) is 10.1 Å². The Morgan fingerprint density at radius 1 is 1.24 bits per heavy atom. The van der Waals surface area contributed by atoms with Crippen molar-refractivity contribution in [3.05, 3.63) is 29.6 Å². The SMILES string of the molecule is CCCCOCC1CCCC(=O)N1c1cc(F)cc(C(O)C2(CCC)CCC2)c1. The highest BCUT2D eigenvalue weighted by atomic mass is 19.1. The average Bonchev–Trinajstić information content (AvgIpc) is 2.67. The maximum Gasteiger partial charge on any atom is 0.227 e. The van der Waals surface area contributed by atoms with Crippen molar-refractivity contribution in [2.45, 2.75) is 90.2 Å². The maximum absolute atomic E-state index is 14.6. The van der Waals surface area contributed by atoms with Crippen LogP contribution >= 0.6 is 0 Å². The largest absolute Gasteiger partial charge is 0.388 e. The topological polar surface area (TPSA) is 49.8 Å². The van der Waals surface area contributed by atoms with E-state index in [9.17, 15) is 14.3 Å².